The van der Waals surface area contributed by atoms with Gasteiger partial charge in [-0.05, 0) is 24.3 Å². The van der Waals surface area contributed by atoms with E-state index in [1.807, 2.05) is 20.8 Å². The highest BCUT2D eigenvalue weighted by Crippen LogP contribution is 2.20. The number of benzene rings is 1. The Hall–Kier alpha value is -2.32. The number of rotatable bonds is 4. The molecule has 0 aliphatic carbocycles. The molecule has 6 nitrogen and oxygen atoms in total. The van der Waals surface area contributed by atoms with Crippen LogP contribution in [0.15, 0.2) is 41.6 Å². The first kappa shape index (κ1) is 17.5. The number of halogens is 1. The minimum atomic E-state index is -3.77. The molecule has 0 aliphatic rings. The molecule has 132 valence electrons. The number of H-pyrrole nitrogens is 1. The third kappa shape index (κ3) is 3.85. The first-order valence-electron chi connectivity index (χ1n) is 7.74. The molecule has 0 saturated carbocycles. The first-order valence-corrected chi connectivity index (χ1v) is 9.23. The van der Waals surface area contributed by atoms with Crippen LogP contribution in [-0.2, 0) is 22.0 Å². The number of nitrogens with zero attached hydrogens (tertiary/aromatic N) is 2. The zero-order valence-electron chi connectivity index (χ0n) is 14.2. The van der Waals surface area contributed by atoms with Crippen LogP contribution in [0.3, 0.4) is 0 Å². The number of hydrogen-bond donors (Lipinski definition) is 2. The van der Waals surface area contributed by atoms with Crippen LogP contribution in [0, 0.1) is 5.82 Å². The normalized spacial score (nSPS) is 12.6. The van der Waals surface area contributed by atoms with Gasteiger partial charge in [0.1, 0.15) is 16.5 Å². The van der Waals surface area contributed by atoms with Crippen molar-refractivity contribution < 1.29 is 12.8 Å². The van der Waals surface area contributed by atoms with Gasteiger partial charge in [-0.1, -0.05) is 20.8 Å². The number of nitrogens with one attached hydrogen (secondary N) is 2. The van der Waals surface area contributed by atoms with Gasteiger partial charge in [-0.15, -0.1) is 0 Å². The van der Waals surface area contributed by atoms with Gasteiger partial charge in [0.2, 0.25) is 10.0 Å². The average Bonchev–Trinajstić information content (AvgIpc) is 3.01. The molecule has 8 heteroatoms. The lowest BCUT2D eigenvalue weighted by atomic mass is 9.96. The van der Waals surface area contributed by atoms with Crippen LogP contribution in [-0.4, -0.2) is 23.4 Å². The van der Waals surface area contributed by atoms with Crippen molar-refractivity contribution in [2.24, 2.45) is 0 Å². The van der Waals surface area contributed by atoms with E-state index in [1.54, 1.807) is 6.20 Å². The molecule has 0 spiro atoms. The molecule has 0 unspecified atom stereocenters. The Morgan fingerprint density at radius 3 is 2.60 bits per heavy atom. The highest BCUT2D eigenvalue weighted by atomic mass is 32.2. The smallest absolute Gasteiger partial charge is 0.242 e. The Balaban J connectivity index is 1.81. The number of sulfonamides is 1. The summed E-state index contributed by atoms with van der Waals surface area (Å²) >= 11 is 0. The molecule has 0 bridgehead atoms. The Bertz CT molecular complexity index is 1020. The largest absolute Gasteiger partial charge is 0.344 e. The molecule has 2 heterocycles. The molecule has 0 saturated heterocycles. The molecule has 2 N–H and O–H groups in total. The van der Waals surface area contributed by atoms with Crippen LogP contribution in [0.4, 0.5) is 4.39 Å². The summed E-state index contributed by atoms with van der Waals surface area (Å²) in [7, 11) is -3.77. The van der Waals surface area contributed by atoms with Crippen LogP contribution in [0.1, 0.15) is 32.3 Å². The van der Waals surface area contributed by atoms with Crippen LogP contribution >= 0.6 is 0 Å². The van der Waals surface area contributed by atoms with Crippen LogP contribution in [0.25, 0.3) is 10.9 Å². The monoisotopic (exact) mass is 362 g/mol. The van der Waals surface area contributed by atoms with Gasteiger partial charge in [-0.25, -0.2) is 22.5 Å². The third-order valence-electron chi connectivity index (χ3n) is 3.72. The van der Waals surface area contributed by atoms with Gasteiger partial charge >= 0.3 is 0 Å². The highest BCUT2D eigenvalue weighted by Gasteiger charge is 2.19. The van der Waals surface area contributed by atoms with Crippen molar-refractivity contribution in [2.75, 3.05) is 0 Å². The second-order valence-corrected chi connectivity index (χ2v) is 8.61. The van der Waals surface area contributed by atoms with Crippen molar-refractivity contribution in [3.05, 3.63) is 54.0 Å². The maximum Gasteiger partial charge on any atom is 0.242 e. The topological polar surface area (TPSA) is 87.7 Å². The molecule has 3 aromatic rings. The first-order chi connectivity index (χ1) is 11.6. The standard InChI is InChI=1S/C17H19FN4O2S/c1-17(2,3)16-20-8-13(22-16)9-21-25(23,24)14-7-11-6-12(18)4-5-15(11)19-10-14/h4-8,10,21H,9H2,1-3H3,(H,20,22). The molecule has 3 rings (SSSR count). The molecule has 0 atom stereocenters. The molecule has 0 fully saturated rings. The van der Waals surface area contributed by atoms with E-state index in [1.165, 1.54) is 30.5 Å². The number of pyridine rings is 1. The number of hydrogen-bond acceptors (Lipinski definition) is 4. The minimum Gasteiger partial charge on any atom is -0.344 e. The minimum absolute atomic E-state index is 0.0128. The number of fused-ring (bicyclic) bond motifs is 1. The predicted molar refractivity (Wildman–Crippen MR) is 93.0 cm³/mol. The van der Waals surface area contributed by atoms with E-state index < -0.39 is 15.8 Å². The number of imidazole rings is 1. The molecule has 2 aromatic heterocycles. The zero-order valence-corrected chi connectivity index (χ0v) is 15.0. The van der Waals surface area contributed by atoms with Gasteiger partial charge < -0.3 is 4.98 Å². The van der Waals surface area contributed by atoms with Crippen LogP contribution < -0.4 is 4.72 Å². The van der Waals surface area contributed by atoms with Crippen LogP contribution in [0.2, 0.25) is 0 Å². The van der Waals surface area contributed by atoms with Gasteiger partial charge in [0.25, 0.3) is 0 Å². The lowest BCUT2D eigenvalue weighted by Gasteiger charge is -2.14. The average molecular weight is 362 g/mol. The lowest BCUT2D eigenvalue weighted by molar-refractivity contribution is 0.550. The summed E-state index contributed by atoms with van der Waals surface area (Å²) in [5.74, 6) is 0.341. The van der Waals surface area contributed by atoms with Crippen molar-refractivity contribution in [3.8, 4) is 0 Å². The summed E-state index contributed by atoms with van der Waals surface area (Å²) in [4.78, 5) is 11.4. The second kappa shape index (κ2) is 6.20. The summed E-state index contributed by atoms with van der Waals surface area (Å²) in [6.07, 6.45) is 2.87. The van der Waals surface area contributed by atoms with E-state index >= 15 is 0 Å². The lowest BCUT2D eigenvalue weighted by Crippen LogP contribution is -2.23. The fourth-order valence-electron chi connectivity index (χ4n) is 2.32. The molecular formula is C17H19FN4O2S. The second-order valence-electron chi connectivity index (χ2n) is 6.84. The third-order valence-corrected chi connectivity index (χ3v) is 5.09. The molecule has 0 aliphatic heterocycles. The van der Waals surface area contributed by atoms with E-state index in [4.69, 9.17) is 0 Å². The maximum atomic E-state index is 13.3. The zero-order chi connectivity index (χ0) is 18.2. The summed E-state index contributed by atoms with van der Waals surface area (Å²) in [6, 6.07) is 5.45. The fraction of sp³-hybridized carbons (Fsp3) is 0.294. The predicted octanol–water partition coefficient (Wildman–Crippen LogP) is 2.87. The summed E-state index contributed by atoms with van der Waals surface area (Å²) in [6.45, 7) is 6.12. The molecule has 0 radical (unpaired) electrons. The van der Waals surface area contributed by atoms with Gasteiger partial charge in [0.05, 0.1) is 12.1 Å². The maximum absolute atomic E-state index is 13.3. The molecule has 25 heavy (non-hydrogen) atoms. The molecule has 1 aromatic carbocycles. The Morgan fingerprint density at radius 2 is 1.92 bits per heavy atom. The van der Waals surface area contributed by atoms with Crippen molar-refractivity contribution in [2.45, 2.75) is 37.6 Å². The van der Waals surface area contributed by atoms with Crippen molar-refractivity contribution in [1.29, 1.82) is 0 Å². The Labute approximate surface area is 145 Å². The molecular weight excluding hydrogens is 343 g/mol. The van der Waals surface area contributed by atoms with E-state index in [9.17, 15) is 12.8 Å². The fourth-order valence-corrected chi connectivity index (χ4v) is 3.30. The molecule has 0 amide bonds. The van der Waals surface area contributed by atoms with Crippen molar-refractivity contribution in [3.63, 3.8) is 0 Å². The number of aromatic amines is 1. The van der Waals surface area contributed by atoms with Crippen molar-refractivity contribution in [1.82, 2.24) is 19.7 Å². The Kier molecular flexibility index (Phi) is 4.34. The van der Waals surface area contributed by atoms with Gasteiger partial charge in [0.15, 0.2) is 0 Å². The van der Waals surface area contributed by atoms with E-state index in [-0.39, 0.29) is 16.9 Å². The SMILES string of the molecule is CC(C)(C)c1ncc(CNS(=O)(=O)c2cnc3ccc(F)cc3c2)[nH]1. The Morgan fingerprint density at radius 1 is 1.16 bits per heavy atom. The van der Waals surface area contributed by atoms with Crippen molar-refractivity contribution >= 4 is 20.9 Å². The van der Waals surface area contributed by atoms with E-state index in [2.05, 4.69) is 19.7 Å². The van der Waals surface area contributed by atoms with Crippen LogP contribution in [0.5, 0.6) is 0 Å². The van der Waals surface area contributed by atoms with E-state index in [0.717, 1.165) is 5.82 Å². The quantitative estimate of drug-likeness (QED) is 0.747. The highest BCUT2D eigenvalue weighted by molar-refractivity contribution is 7.89. The summed E-state index contributed by atoms with van der Waals surface area (Å²) < 4.78 is 40.7. The summed E-state index contributed by atoms with van der Waals surface area (Å²) in [5, 5.41) is 0.430. The number of aromatic nitrogens is 3. The van der Waals surface area contributed by atoms with E-state index in [0.29, 0.717) is 16.6 Å². The summed E-state index contributed by atoms with van der Waals surface area (Å²) in [5.41, 5.74) is 1.04. The van der Waals surface area contributed by atoms with Gasteiger partial charge in [0, 0.05) is 28.9 Å². The van der Waals surface area contributed by atoms with Gasteiger partial charge in [-0.3, -0.25) is 4.98 Å². The van der Waals surface area contributed by atoms with Gasteiger partial charge in [-0.2, -0.15) is 0 Å².